The summed E-state index contributed by atoms with van der Waals surface area (Å²) in [4.78, 5) is 35.9. The first kappa shape index (κ1) is 15.3. The molecule has 0 aromatic heterocycles. The second kappa shape index (κ2) is 4.70. The number of nitrogens with one attached hydrogen (secondary N) is 2. The summed E-state index contributed by atoms with van der Waals surface area (Å²) in [6.45, 7) is 6.67. The van der Waals surface area contributed by atoms with Crippen molar-refractivity contribution in [1.29, 1.82) is 0 Å². The molecule has 0 spiro atoms. The molecule has 3 fully saturated rings. The molecule has 2 bridgehead atoms. The van der Waals surface area contributed by atoms with E-state index in [1.54, 1.807) is 0 Å². The van der Waals surface area contributed by atoms with Gasteiger partial charge >= 0.3 is 5.97 Å². The van der Waals surface area contributed by atoms with Gasteiger partial charge in [0.2, 0.25) is 11.8 Å². The molecule has 2 saturated carbocycles. The summed E-state index contributed by atoms with van der Waals surface area (Å²) in [5.74, 6) is -0.486. The quantitative estimate of drug-likeness (QED) is 0.591. The van der Waals surface area contributed by atoms with E-state index in [0.717, 1.165) is 12.8 Å². The Morgan fingerprint density at radius 1 is 1.32 bits per heavy atom. The Labute approximate surface area is 130 Å². The van der Waals surface area contributed by atoms with Gasteiger partial charge in [0, 0.05) is 5.92 Å². The third kappa shape index (κ3) is 1.82. The predicted molar refractivity (Wildman–Crippen MR) is 78.6 cm³/mol. The van der Waals surface area contributed by atoms with Gasteiger partial charge in [-0.1, -0.05) is 20.8 Å². The molecule has 5 atom stereocenters. The molecule has 1 heterocycles. The van der Waals surface area contributed by atoms with Gasteiger partial charge in [0.15, 0.2) is 6.04 Å². The van der Waals surface area contributed by atoms with Crippen molar-refractivity contribution in [3.63, 3.8) is 0 Å². The fourth-order valence-corrected chi connectivity index (χ4v) is 4.71. The topological polar surface area (TPSA) is 84.5 Å². The lowest BCUT2D eigenvalue weighted by Crippen LogP contribution is -2.72. The summed E-state index contributed by atoms with van der Waals surface area (Å²) < 4.78 is 4.64. The lowest BCUT2D eigenvalue weighted by atomic mass is 9.66. The van der Waals surface area contributed by atoms with Crippen LogP contribution in [-0.2, 0) is 19.1 Å². The van der Waals surface area contributed by atoms with Gasteiger partial charge < -0.3 is 15.4 Å². The zero-order valence-corrected chi connectivity index (χ0v) is 13.6. The number of methoxy groups -OCH3 is 1. The van der Waals surface area contributed by atoms with Crippen LogP contribution in [0.5, 0.6) is 0 Å². The molecule has 0 aromatic carbocycles. The van der Waals surface area contributed by atoms with E-state index in [-0.39, 0.29) is 28.6 Å². The first-order chi connectivity index (χ1) is 10.2. The fourth-order valence-electron chi connectivity index (χ4n) is 4.71. The average molecular weight is 308 g/mol. The molecular formula is C16H24N2O4. The molecule has 3 rings (SSSR count). The normalized spacial score (nSPS) is 41.5. The molecule has 0 aromatic rings. The summed E-state index contributed by atoms with van der Waals surface area (Å²) in [7, 11) is 1.27. The molecule has 1 aliphatic heterocycles. The van der Waals surface area contributed by atoms with E-state index in [4.69, 9.17) is 0 Å². The summed E-state index contributed by atoms with van der Waals surface area (Å²) in [5.41, 5.74) is 0.0986. The number of β-lactam (4-membered cyclic amide) rings is 1. The minimum Gasteiger partial charge on any atom is -0.467 e. The maximum atomic E-state index is 12.7. The molecule has 6 heteroatoms. The van der Waals surface area contributed by atoms with Gasteiger partial charge in [-0.05, 0) is 36.0 Å². The molecule has 2 aliphatic carbocycles. The maximum Gasteiger partial charge on any atom is 0.331 e. The van der Waals surface area contributed by atoms with Crippen LogP contribution in [0.2, 0.25) is 0 Å². The molecule has 2 amide bonds. The highest BCUT2D eigenvalue weighted by Gasteiger charge is 2.63. The van der Waals surface area contributed by atoms with Crippen LogP contribution >= 0.6 is 0 Å². The Balaban J connectivity index is 1.71. The summed E-state index contributed by atoms with van der Waals surface area (Å²) in [5, 5.41) is 5.24. The highest BCUT2D eigenvalue weighted by Crippen LogP contribution is 2.68. The average Bonchev–Trinajstić information content (AvgIpc) is 2.82. The molecule has 22 heavy (non-hydrogen) atoms. The number of ether oxygens (including phenoxy) is 1. The van der Waals surface area contributed by atoms with Crippen LogP contribution in [0.4, 0.5) is 0 Å². The van der Waals surface area contributed by atoms with Crippen LogP contribution in [0.1, 0.15) is 40.0 Å². The van der Waals surface area contributed by atoms with Crippen LogP contribution in [0.15, 0.2) is 0 Å². The number of hydrogen-bond donors (Lipinski definition) is 2. The smallest absolute Gasteiger partial charge is 0.331 e. The van der Waals surface area contributed by atoms with Gasteiger partial charge in [0.05, 0.1) is 7.11 Å². The van der Waals surface area contributed by atoms with E-state index in [2.05, 4.69) is 36.1 Å². The molecular weight excluding hydrogens is 284 g/mol. The maximum absolute atomic E-state index is 12.7. The van der Waals surface area contributed by atoms with E-state index < -0.39 is 18.1 Å². The zero-order valence-electron chi connectivity index (χ0n) is 13.6. The number of rotatable bonds is 3. The molecule has 3 unspecified atom stereocenters. The Hall–Kier alpha value is -1.59. The standard InChI is InChI=1S/C16H24N2O4/c1-15(2)8-5-6-16(15,3)9(7-8)12(19)17-10-11(14(21)22-4)18-13(10)20/h8-11H,5-7H2,1-4H3,(H,17,19)(H,18,20)/t8?,9?,10-,11-,16?/m0/s1. The minimum absolute atomic E-state index is 0.0390. The van der Waals surface area contributed by atoms with E-state index in [1.165, 1.54) is 13.5 Å². The van der Waals surface area contributed by atoms with Crippen LogP contribution < -0.4 is 10.6 Å². The molecule has 2 N–H and O–H groups in total. The van der Waals surface area contributed by atoms with Gasteiger partial charge in [-0.2, -0.15) is 0 Å². The summed E-state index contributed by atoms with van der Waals surface area (Å²) >= 11 is 0. The third-order valence-electron chi connectivity index (χ3n) is 6.78. The Morgan fingerprint density at radius 2 is 2.00 bits per heavy atom. The van der Waals surface area contributed by atoms with E-state index in [0.29, 0.717) is 5.92 Å². The van der Waals surface area contributed by atoms with Gasteiger partial charge in [0.25, 0.3) is 0 Å². The van der Waals surface area contributed by atoms with Crippen molar-refractivity contribution in [3.05, 3.63) is 0 Å². The molecule has 122 valence electrons. The number of carbonyl (C=O) groups is 3. The second-order valence-electron chi connectivity index (χ2n) is 7.66. The van der Waals surface area contributed by atoms with Crippen LogP contribution in [-0.4, -0.2) is 37.0 Å². The number of amides is 2. The summed E-state index contributed by atoms with van der Waals surface area (Å²) in [6, 6.07) is -1.56. The Morgan fingerprint density at radius 3 is 2.45 bits per heavy atom. The predicted octanol–water partition coefficient (Wildman–Crippen LogP) is 0.605. The van der Waals surface area contributed by atoms with Crippen molar-refractivity contribution in [3.8, 4) is 0 Å². The molecule has 3 aliphatic rings. The van der Waals surface area contributed by atoms with Gasteiger partial charge in [-0.25, -0.2) is 4.79 Å². The minimum atomic E-state index is -0.800. The Kier molecular flexibility index (Phi) is 3.27. The van der Waals surface area contributed by atoms with Crippen molar-refractivity contribution in [2.75, 3.05) is 7.11 Å². The summed E-state index contributed by atoms with van der Waals surface area (Å²) in [6.07, 6.45) is 3.08. The number of carbonyl (C=O) groups excluding carboxylic acids is 3. The van der Waals surface area contributed by atoms with Crippen molar-refractivity contribution in [1.82, 2.24) is 10.6 Å². The third-order valence-corrected chi connectivity index (χ3v) is 6.78. The van der Waals surface area contributed by atoms with E-state index in [9.17, 15) is 14.4 Å². The lowest BCUT2D eigenvalue weighted by molar-refractivity contribution is -0.154. The van der Waals surface area contributed by atoms with Crippen molar-refractivity contribution >= 4 is 17.8 Å². The van der Waals surface area contributed by atoms with E-state index in [1.807, 2.05) is 0 Å². The SMILES string of the molecule is COC(=O)[C@H]1NC(=O)[C@H]1NC(=O)C1CC2CCC1(C)C2(C)C. The number of esters is 1. The van der Waals surface area contributed by atoms with Crippen LogP contribution in [0.25, 0.3) is 0 Å². The van der Waals surface area contributed by atoms with E-state index >= 15 is 0 Å². The first-order valence-corrected chi connectivity index (χ1v) is 7.91. The zero-order chi connectivity index (χ0) is 16.3. The number of hydrogen-bond acceptors (Lipinski definition) is 4. The number of fused-ring (bicyclic) bond motifs is 2. The van der Waals surface area contributed by atoms with Crippen LogP contribution in [0.3, 0.4) is 0 Å². The van der Waals surface area contributed by atoms with Gasteiger partial charge in [0.1, 0.15) is 6.04 Å². The second-order valence-corrected chi connectivity index (χ2v) is 7.66. The largest absolute Gasteiger partial charge is 0.467 e. The van der Waals surface area contributed by atoms with Crippen molar-refractivity contribution in [2.45, 2.75) is 52.1 Å². The lowest BCUT2D eigenvalue weighted by Gasteiger charge is -2.40. The molecule has 0 radical (unpaired) electrons. The van der Waals surface area contributed by atoms with Crippen LogP contribution in [0, 0.1) is 22.7 Å². The highest BCUT2D eigenvalue weighted by molar-refractivity contribution is 6.02. The monoisotopic (exact) mass is 308 g/mol. The fraction of sp³-hybridized carbons (Fsp3) is 0.812. The van der Waals surface area contributed by atoms with Crippen molar-refractivity contribution < 1.29 is 19.1 Å². The first-order valence-electron chi connectivity index (χ1n) is 7.91. The van der Waals surface area contributed by atoms with Gasteiger partial charge in [-0.15, -0.1) is 0 Å². The van der Waals surface area contributed by atoms with Gasteiger partial charge in [-0.3, -0.25) is 9.59 Å². The molecule has 6 nitrogen and oxygen atoms in total. The Bertz CT molecular complexity index is 544. The molecule has 1 saturated heterocycles. The van der Waals surface area contributed by atoms with Crippen molar-refractivity contribution in [2.24, 2.45) is 22.7 Å². The highest BCUT2D eigenvalue weighted by atomic mass is 16.5.